The van der Waals surface area contributed by atoms with E-state index in [-0.39, 0.29) is 0 Å². The van der Waals surface area contributed by atoms with Crippen molar-refractivity contribution in [2.75, 3.05) is 63.8 Å². The summed E-state index contributed by atoms with van der Waals surface area (Å²) in [6.07, 6.45) is 0. The molecular weight excluding hydrogens is 268 g/mol. The first-order valence-electron chi connectivity index (χ1n) is 7.23. The zero-order valence-electron chi connectivity index (χ0n) is 12.8. The van der Waals surface area contributed by atoms with Crippen LogP contribution in [0.3, 0.4) is 0 Å². The van der Waals surface area contributed by atoms with Crippen LogP contribution in [-0.4, -0.2) is 59.6 Å². The summed E-state index contributed by atoms with van der Waals surface area (Å²) < 4.78 is 10.5. The molecule has 116 valence electrons. The van der Waals surface area contributed by atoms with Crippen LogP contribution in [-0.2, 0) is 9.47 Å². The van der Waals surface area contributed by atoms with Gasteiger partial charge in [-0.2, -0.15) is 0 Å². The van der Waals surface area contributed by atoms with Crippen molar-refractivity contribution >= 4 is 17.3 Å². The number of anilines is 2. The molecule has 1 aromatic rings. The van der Waals surface area contributed by atoms with Gasteiger partial charge in [-0.15, -0.1) is 0 Å². The summed E-state index contributed by atoms with van der Waals surface area (Å²) in [6.45, 7) is 4.73. The molecule has 0 aromatic heterocycles. The van der Waals surface area contributed by atoms with Gasteiger partial charge in [0.1, 0.15) is 0 Å². The van der Waals surface area contributed by atoms with Gasteiger partial charge in [-0.25, -0.2) is 0 Å². The van der Waals surface area contributed by atoms with E-state index in [9.17, 15) is 0 Å². The number of aliphatic imine (C=N–C) groups is 1. The molecule has 1 aliphatic heterocycles. The second-order valence-electron chi connectivity index (χ2n) is 4.73. The number of para-hydroxylation sites is 2. The van der Waals surface area contributed by atoms with Crippen LogP contribution in [0.4, 0.5) is 11.4 Å². The molecule has 6 heteroatoms. The van der Waals surface area contributed by atoms with Crippen LogP contribution in [0.1, 0.15) is 0 Å². The summed E-state index contributed by atoms with van der Waals surface area (Å²) >= 11 is 0. The van der Waals surface area contributed by atoms with Gasteiger partial charge in [-0.3, -0.25) is 4.99 Å². The maximum Gasteiger partial charge on any atom is 0.195 e. The molecule has 1 saturated heterocycles. The number of morpholine rings is 1. The molecule has 21 heavy (non-hydrogen) atoms. The van der Waals surface area contributed by atoms with Gasteiger partial charge in [-0.1, -0.05) is 12.1 Å². The van der Waals surface area contributed by atoms with Crippen molar-refractivity contribution in [3.63, 3.8) is 0 Å². The van der Waals surface area contributed by atoms with E-state index in [1.54, 1.807) is 14.2 Å². The fraction of sp³-hybridized carbons (Fsp3) is 0.533. The van der Waals surface area contributed by atoms with Gasteiger partial charge in [-0.05, 0) is 12.1 Å². The zero-order valence-corrected chi connectivity index (χ0v) is 12.8. The molecule has 0 amide bonds. The largest absolute Gasteiger partial charge is 0.383 e. The molecule has 1 heterocycles. The van der Waals surface area contributed by atoms with E-state index >= 15 is 0 Å². The highest BCUT2D eigenvalue weighted by atomic mass is 16.5. The van der Waals surface area contributed by atoms with Gasteiger partial charge in [0.2, 0.25) is 0 Å². The molecule has 0 bridgehead atoms. The number of ether oxygens (including phenoxy) is 2. The first-order valence-corrected chi connectivity index (χ1v) is 7.23. The van der Waals surface area contributed by atoms with E-state index in [4.69, 9.17) is 9.47 Å². The SMILES string of the molecule is CN=C(NCCOC)Nc1ccccc1N1CCOCC1. The molecular formula is C15H24N4O2. The number of nitrogens with one attached hydrogen (secondary N) is 2. The Hall–Kier alpha value is -1.79. The molecule has 2 N–H and O–H groups in total. The Morgan fingerprint density at radius 3 is 2.81 bits per heavy atom. The summed E-state index contributed by atoms with van der Waals surface area (Å²) in [7, 11) is 3.45. The lowest BCUT2D eigenvalue weighted by molar-refractivity contribution is 0.123. The van der Waals surface area contributed by atoms with Crippen molar-refractivity contribution in [3.05, 3.63) is 24.3 Å². The van der Waals surface area contributed by atoms with Gasteiger partial charge in [0.25, 0.3) is 0 Å². The monoisotopic (exact) mass is 292 g/mol. The van der Waals surface area contributed by atoms with Crippen LogP contribution in [0.5, 0.6) is 0 Å². The highest BCUT2D eigenvalue weighted by Crippen LogP contribution is 2.26. The first kappa shape index (κ1) is 15.6. The second kappa shape index (κ2) is 8.49. The Balaban J connectivity index is 2.04. The van der Waals surface area contributed by atoms with Gasteiger partial charge in [0.15, 0.2) is 5.96 Å². The molecule has 0 atom stereocenters. The summed E-state index contributed by atoms with van der Waals surface area (Å²) in [6, 6.07) is 8.26. The third-order valence-electron chi connectivity index (χ3n) is 3.33. The molecule has 1 aliphatic rings. The Labute approximate surface area is 126 Å². The Bertz CT molecular complexity index is 459. The summed E-state index contributed by atoms with van der Waals surface area (Å²) in [5, 5.41) is 6.57. The number of nitrogens with zero attached hydrogens (tertiary/aromatic N) is 2. The van der Waals surface area contributed by atoms with Crippen LogP contribution in [0.25, 0.3) is 0 Å². The first-order chi connectivity index (χ1) is 10.3. The van der Waals surface area contributed by atoms with Crippen LogP contribution in [0.2, 0.25) is 0 Å². The smallest absolute Gasteiger partial charge is 0.195 e. The number of benzene rings is 1. The molecule has 2 rings (SSSR count). The van der Waals surface area contributed by atoms with Crippen molar-refractivity contribution in [1.29, 1.82) is 0 Å². The van der Waals surface area contributed by atoms with Gasteiger partial charge in [0.05, 0.1) is 31.2 Å². The molecule has 0 saturated carbocycles. The van der Waals surface area contributed by atoms with Crippen molar-refractivity contribution in [2.24, 2.45) is 4.99 Å². The molecule has 6 nitrogen and oxygen atoms in total. The third kappa shape index (κ3) is 4.61. The van der Waals surface area contributed by atoms with E-state index in [1.165, 1.54) is 5.69 Å². The Morgan fingerprint density at radius 1 is 1.33 bits per heavy atom. The standard InChI is InChI=1S/C15H24N4O2/c1-16-15(17-7-10-20-2)18-13-5-3-4-6-14(13)19-8-11-21-12-9-19/h3-6H,7-12H2,1-2H3,(H2,16,17,18). The fourth-order valence-corrected chi connectivity index (χ4v) is 2.24. The Morgan fingerprint density at radius 2 is 2.10 bits per heavy atom. The van der Waals surface area contributed by atoms with Crippen molar-refractivity contribution in [1.82, 2.24) is 5.32 Å². The number of rotatable bonds is 5. The fourth-order valence-electron chi connectivity index (χ4n) is 2.24. The van der Waals surface area contributed by atoms with Gasteiger partial charge in [0, 0.05) is 33.8 Å². The number of hydrogen-bond acceptors (Lipinski definition) is 4. The van der Waals surface area contributed by atoms with Gasteiger partial charge >= 0.3 is 0 Å². The second-order valence-corrected chi connectivity index (χ2v) is 4.73. The minimum absolute atomic E-state index is 0.645. The maximum atomic E-state index is 5.42. The molecule has 0 unspecified atom stereocenters. The van der Waals surface area contributed by atoms with E-state index in [0.717, 1.165) is 44.5 Å². The number of methoxy groups -OCH3 is 1. The van der Waals surface area contributed by atoms with E-state index < -0.39 is 0 Å². The van der Waals surface area contributed by atoms with Crippen molar-refractivity contribution in [3.8, 4) is 0 Å². The average Bonchev–Trinajstić information content (AvgIpc) is 2.55. The van der Waals surface area contributed by atoms with Crippen LogP contribution < -0.4 is 15.5 Å². The minimum Gasteiger partial charge on any atom is -0.383 e. The van der Waals surface area contributed by atoms with Crippen molar-refractivity contribution in [2.45, 2.75) is 0 Å². The normalized spacial score (nSPS) is 15.9. The van der Waals surface area contributed by atoms with E-state index in [2.05, 4.69) is 38.7 Å². The predicted octanol–water partition coefficient (Wildman–Crippen LogP) is 1.16. The molecule has 0 aliphatic carbocycles. The average molecular weight is 292 g/mol. The summed E-state index contributed by atoms with van der Waals surface area (Å²) in [4.78, 5) is 6.56. The predicted molar refractivity (Wildman–Crippen MR) is 86.3 cm³/mol. The van der Waals surface area contributed by atoms with Crippen LogP contribution >= 0.6 is 0 Å². The number of guanidine groups is 1. The van der Waals surface area contributed by atoms with Crippen LogP contribution in [0.15, 0.2) is 29.3 Å². The lowest BCUT2D eigenvalue weighted by Gasteiger charge is -2.30. The van der Waals surface area contributed by atoms with Gasteiger partial charge < -0.3 is 25.0 Å². The molecule has 1 aromatic carbocycles. The highest BCUT2D eigenvalue weighted by Gasteiger charge is 2.14. The number of hydrogen-bond donors (Lipinski definition) is 2. The highest BCUT2D eigenvalue weighted by molar-refractivity contribution is 5.96. The van der Waals surface area contributed by atoms with E-state index in [0.29, 0.717) is 6.61 Å². The van der Waals surface area contributed by atoms with Crippen molar-refractivity contribution < 1.29 is 9.47 Å². The topological polar surface area (TPSA) is 58.1 Å². The lowest BCUT2D eigenvalue weighted by atomic mass is 10.2. The minimum atomic E-state index is 0.645. The zero-order chi connectivity index (χ0) is 14.9. The summed E-state index contributed by atoms with van der Waals surface area (Å²) in [5.41, 5.74) is 2.22. The van der Waals surface area contributed by atoms with Crippen LogP contribution in [0, 0.1) is 0 Å². The molecule has 0 spiro atoms. The third-order valence-corrected chi connectivity index (χ3v) is 3.33. The molecule has 1 fully saturated rings. The quantitative estimate of drug-likeness (QED) is 0.484. The Kier molecular flexibility index (Phi) is 6.30. The molecule has 0 radical (unpaired) electrons. The van der Waals surface area contributed by atoms with E-state index in [1.807, 2.05) is 6.07 Å². The summed E-state index contributed by atoms with van der Waals surface area (Å²) in [5.74, 6) is 0.743. The maximum absolute atomic E-state index is 5.42. The lowest BCUT2D eigenvalue weighted by Crippen LogP contribution is -2.38.